The van der Waals surface area contributed by atoms with Gasteiger partial charge in [-0.05, 0) is 64.0 Å². The first-order valence-corrected chi connectivity index (χ1v) is 9.67. The predicted octanol–water partition coefficient (Wildman–Crippen LogP) is 6.06. The van der Waals surface area contributed by atoms with Crippen LogP contribution in [0, 0.1) is 0 Å². The summed E-state index contributed by atoms with van der Waals surface area (Å²) in [5.41, 5.74) is 4.16. The van der Waals surface area contributed by atoms with E-state index in [1.54, 1.807) is 0 Å². The minimum atomic E-state index is 0.0577. The highest BCUT2D eigenvalue weighted by Gasteiger charge is 2.26. The highest BCUT2D eigenvalue weighted by atomic mass is 32.2. The lowest BCUT2D eigenvalue weighted by Crippen LogP contribution is -2.21. The molecule has 1 rings (SSSR count). The first kappa shape index (κ1) is 19.4. The van der Waals surface area contributed by atoms with Crippen molar-refractivity contribution in [3.05, 3.63) is 28.8 Å². The van der Waals surface area contributed by atoms with E-state index in [1.807, 2.05) is 12.1 Å². The summed E-state index contributed by atoms with van der Waals surface area (Å²) in [4.78, 5) is 0. The number of phenolic OH excluding ortho intramolecular Hbond substituents is 1. The van der Waals surface area contributed by atoms with Crippen molar-refractivity contribution in [2.24, 2.45) is 0 Å². The molecule has 1 aromatic carbocycles. The molecule has 0 radical (unpaired) electrons. The molecule has 2 heteroatoms. The van der Waals surface area contributed by atoms with Gasteiger partial charge in [-0.25, -0.2) is 0 Å². The van der Waals surface area contributed by atoms with Crippen LogP contribution in [0.15, 0.2) is 12.1 Å². The molecule has 0 saturated carbocycles. The molecule has 0 unspecified atom stereocenters. The van der Waals surface area contributed by atoms with E-state index in [-0.39, 0.29) is 10.8 Å². The molecule has 0 heterocycles. The normalized spacial score (nSPS) is 12.7. The summed E-state index contributed by atoms with van der Waals surface area (Å²) < 4.78 is 0. The largest absolute Gasteiger partial charge is 0.508 e. The van der Waals surface area contributed by atoms with Gasteiger partial charge in [0.05, 0.1) is 0 Å². The summed E-state index contributed by atoms with van der Waals surface area (Å²) >= 11 is 2.05. The molecule has 0 spiro atoms. The fraction of sp³-hybridized carbons (Fsp3) is 0.700. The number of aromatic hydroxyl groups is 1. The van der Waals surface area contributed by atoms with Gasteiger partial charge in [0.25, 0.3) is 0 Å². The summed E-state index contributed by atoms with van der Waals surface area (Å²) in [6, 6.07) is 3.95. The Labute approximate surface area is 141 Å². The molecule has 22 heavy (non-hydrogen) atoms. The molecule has 0 fully saturated rings. The average Bonchev–Trinajstić information content (AvgIpc) is 2.37. The molecule has 0 aliphatic rings. The molecule has 0 amide bonds. The maximum atomic E-state index is 10.2. The van der Waals surface area contributed by atoms with E-state index in [2.05, 4.69) is 60.2 Å². The second-order valence-electron chi connectivity index (χ2n) is 8.24. The van der Waals surface area contributed by atoms with E-state index in [4.69, 9.17) is 0 Å². The number of unbranched alkanes of at least 4 members (excludes halogenated alkanes) is 1. The summed E-state index contributed by atoms with van der Waals surface area (Å²) in [6.07, 6.45) is 3.67. The predicted molar refractivity (Wildman–Crippen MR) is 101 cm³/mol. The van der Waals surface area contributed by atoms with Gasteiger partial charge in [0.1, 0.15) is 5.75 Å². The molecule has 0 aromatic heterocycles. The Balaban J connectivity index is 3.14. The van der Waals surface area contributed by atoms with Crippen LogP contribution in [0.25, 0.3) is 0 Å². The topological polar surface area (TPSA) is 20.2 Å². The van der Waals surface area contributed by atoms with Gasteiger partial charge in [-0.3, -0.25) is 0 Å². The standard InChI is InChI=1S/C20H34OS/c1-8-9-11-22-12-10-16-17(19(2,3)4)13-15(21)14-18(16)20(5,6)7/h13-14,21H,8-12H2,1-7H3. The van der Waals surface area contributed by atoms with Gasteiger partial charge in [0, 0.05) is 0 Å². The first-order chi connectivity index (χ1) is 10.1. The molecule has 1 N–H and O–H groups in total. The maximum absolute atomic E-state index is 10.2. The van der Waals surface area contributed by atoms with Crippen LogP contribution >= 0.6 is 11.8 Å². The number of hydrogen-bond acceptors (Lipinski definition) is 2. The van der Waals surface area contributed by atoms with Gasteiger partial charge in [-0.2, -0.15) is 11.8 Å². The Bertz CT molecular complexity index is 442. The number of benzene rings is 1. The molecule has 0 bridgehead atoms. The molecule has 1 aromatic rings. The molecule has 0 saturated heterocycles. The highest BCUT2D eigenvalue weighted by molar-refractivity contribution is 7.99. The number of rotatable bonds is 6. The van der Waals surface area contributed by atoms with E-state index in [0.717, 1.165) is 12.2 Å². The van der Waals surface area contributed by atoms with E-state index in [0.29, 0.717) is 5.75 Å². The van der Waals surface area contributed by atoms with Gasteiger partial charge >= 0.3 is 0 Å². The molecule has 0 aliphatic carbocycles. The fourth-order valence-electron chi connectivity index (χ4n) is 2.79. The zero-order chi connectivity index (χ0) is 17.0. The van der Waals surface area contributed by atoms with Crippen molar-refractivity contribution in [3.8, 4) is 5.75 Å². The van der Waals surface area contributed by atoms with Crippen LogP contribution in [0.2, 0.25) is 0 Å². The van der Waals surface area contributed by atoms with Crippen molar-refractivity contribution >= 4 is 11.8 Å². The first-order valence-electron chi connectivity index (χ1n) is 8.52. The van der Waals surface area contributed by atoms with Crippen molar-refractivity contribution in [2.45, 2.75) is 78.6 Å². The fourth-order valence-corrected chi connectivity index (χ4v) is 3.83. The summed E-state index contributed by atoms with van der Waals surface area (Å²) in [5.74, 6) is 2.82. The second kappa shape index (κ2) is 7.77. The lowest BCUT2D eigenvalue weighted by molar-refractivity contribution is 0.464. The maximum Gasteiger partial charge on any atom is 0.116 e. The third-order valence-corrected chi connectivity index (χ3v) is 5.06. The number of thioether (sulfide) groups is 1. The van der Waals surface area contributed by atoms with Crippen LogP contribution in [0.4, 0.5) is 0 Å². The van der Waals surface area contributed by atoms with Gasteiger partial charge < -0.3 is 5.11 Å². The van der Waals surface area contributed by atoms with Gasteiger partial charge in [0.15, 0.2) is 0 Å². The van der Waals surface area contributed by atoms with Crippen molar-refractivity contribution in [2.75, 3.05) is 11.5 Å². The summed E-state index contributed by atoms with van der Waals surface area (Å²) in [7, 11) is 0. The smallest absolute Gasteiger partial charge is 0.116 e. The van der Waals surface area contributed by atoms with Crippen LogP contribution < -0.4 is 0 Å². The third-order valence-electron chi connectivity index (χ3n) is 3.99. The van der Waals surface area contributed by atoms with E-state index >= 15 is 0 Å². The second-order valence-corrected chi connectivity index (χ2v) is 9.46. The zero-order valence-corrected chi connectivity index (χ0v) is 16.4. The molecule has 1 nitrogen and oxygen atoms in total. The van der Waals surface area contributed by atoms with Crippen LogP contribution in [0.5, 0.6) is 5.75 Å². The minimum absolute atomic E-state index is 0.0577. The lowest BCUT2D eigenvalue weighted by atomic mass is 9.75. The Morgan fingerprint density at radius 3 is 1.82 bits per heavy atom. The monoisotopic (exact) mass is 322 g/mol. The van der Waals surface area contributed by atoms with E-state index in [9.17, 15) is 5.11 Å². The zero-order valence-electron chi connectivity index (χ0n) is 15.5. The van der Waals surface area contributed by atoms with Crippen LogP contribution in [-0.4, -0.2) is 16.6 Å². The molecule has 0 aliphatic heterocycles. The molecule has 0 atom stereocenters. The van der Waals surface area contributed by atoms with E-state index < -0.39 is 0 Å². The Hall–Kier alpha value is -0.630. The highest BCUT2D eigenvalue weighted by Crippen LogP contribution is 2.37. The molecular weight excluding hydrogens is 288 g/mol. The number of phenols is 1. The van der Waals surface area contributed by atoms with Crippen LogP contribution in [0.3, 0.4) is 0 Å². The van der Waals surface area contributed by atoms with Gasteiger partial charge in [-0.15, -0.1) is 0 Å². The van der Waals surface area contributed by atoms with Crippen molar-refractivity contribution < 1.29 is 5.11 Å². The van der Waals surface area contributed by atoms with Gasteiger partial charge in [-0.1, -0.05) is 54.9 Å². The van der Waals surface area contributed by atoms with Crippen molar-refractivity contribution in [1.82, 2.24) is 0 Å². The Kier molecular flexibility index (Phi) is 6.85. The van der Waals surface area contributed by atoms with Crippen LogP contribution in [0.1, 0.15) is 78.0 Å². The summed E-state index contributed by atoms with van der Waals surface area (Å²) in [5, 5.41) is 10.2. The molecular formula is C20H34OS. The van der Waals surface area contributed by atoms with Gasteiger partial charge in [0.2, 0.25) is 0 Å². The lowest BCUT2D eigenvalue weighted by Gasteiger charge is -2.30. The number of hydrogen-bond donors (Lipinski definition) is 1. The average molecular weight is 323 g/mol. The Morgan fingerprint density at radius 1 is 0.909 bits per heavy atom. The van der Waals surface area contributed by atoms with Crippen molar-refractivity contribution in [3.63, 3.8) is 0 Å². The summed E-state index contributed by atoms with van der Waals surface area (Å²) in [6.45, 7) is 15.7. The van der Waals surface area contributed by atoms with E-state index in [1.165, 1.54) is 35.3 Å². The van der Waals surface area contributed by atoms with Crippen LogP contribution in [-0.2, 0) is 17.3 Å². The SMILES string of the molecule is CCCCSCCc1c(C(C)(C)C)cc(O)cc1C(C)(C)C. The quantitative estimate of drug-likeness (QED) is 0.642. The minimum Gasteiger partial charge on any atom is -0.508 e. The Morgan fingerprint density at radius 2 is 1.41 bits per heavy atom. The third kappa shape index (κ3) is 5.53. The van der Waals surface area contributed by atoms with Crippen molar-refractivity contribution in [1.29, 1.82) is 0 Å². The molecule has 126 valence electrons.